The van der Waals surface area contributed by atoms with Gasteiger partial charge in [0.15, 0.2) is 0 Å². The van der Waals surface area contributed by atoms with E-state index in [1.54, 1.807) is 27.0 Å². The maximum Gasteiger partial charge on any atom is 0.331 e. The zero-order chi connectivity index (χ0) is 15.3. The monoisotopic (exact) mass is 287 g/mol. The van der Waals surface area contributed by atoms with Crippen molar-refractivity contribution >= 4 is 11.0 Å². The number of H-pyrrole nitrogens is 1. The number of pyridine rings is 1. The van der Waals surface area contributed by atoms with Crippen molar-refractivity contribution in [2.24, 2.45) is 7.05 Å². The number of imidazole rings is 1. The molecule has 0 aliphatic heterocycles. The molecule has 0 amide bonds. The molecule has 0 spiro atoms. The van der Waals surface area contributed by atoms with Crippen molar-refractivity contribution in [2.75, 3.05) is 0 Å². The second kappa shape index (κ2) is 4.44. The molecule has 3 rings (SSSR count). The van der Waals surface area contributed by atoms with Crippen LogP contribution in [0.4, 0.5) is 4.39 Å². The van der Waals surface area contributed by atoms with E-state index in [2.05, 4.69) is 4.98 Å². The van der Waals surface area contributed by atoms with Gasteiger partial charge in [0.25, 0.3) is 5.56 Å². The van der Waals surface area contributed by atoms with Crippen molar-refractivity contribution in [1.82, 2.24) is 14.1 Å². The molecule has 0 radical (unpaired) electrons. The number of hydrogen-bond acceptors (Lipinski definition) is 2. The van der Waals surface area contributed by atoms with Gasteiger partial charge in [0.2, 0.25) is 0 Å². The number of rotatable bonds is 1. The Balaban J connectivity index is 2.48. The van der Waals surface area contributed by atoms with Crippen LogP contribution in [0.2, 0.25) is 0 Å². The van der Waals surface area contributed by atoms with E-state index in [0.717, 1.165) is 5.56 Å². The Morgan fingerprint density at radius 1 is 1.19 bits per heavy atom. The predicted octanol–water partition coefficient (Wildman–Crippen LogP) is 1.77. The summed E-state index contributed by atoms with van der Waals surface area (Å²) in [6, 6.07) is 4.62. The van der Waals surface area contributed by atoms with Crippen LogP contribution in [0.1, 0.15) is 11.1 Å². The third-order valence-corrected chi connectivity index (χ3v) is 3.59. The maximum atomic E-state index is 14.2. The standard InChI is InChI=1S/C15H14FN3O2/c1-8-4-5-12(10(16)6-8)19-13-9(2)14(20)18(3)7-11(13)17-15(19)21/h4-7H,1-3H3,(H,17,21). The van der Waals surface area contributed by atoms with Crippen molar-refractivity contribution in [2.45, 2.75) is 13.8 Å². The molecule has 2 aromatic heterocycles. The summed E-state index contributed by atoms with van der Waals surface area (Å²) in [7, 11) is 1.61. The molecular weight excluding hydrogens is 273 g/mol. The molecular formula is C15H14FN3O2. The summed E-state index contributed by atoms with van der Waals surface area (Å²) in [4.78, 5) is 26.9. The first kappa shape index (κ1) is 13.4. The summed E-state index contributed by atoms with van der Waals surface area (Å²) < 4.78 is 16.8. The Hall–Kier alpha value is -2.63. The van der Waals surface area contributed by atoms with Crippen LogP contribution in [0.5, 0.6) is 0 Å². The molecule has 0 aliphatic rings. The van der Waals surface area contributed by atoms with Gasteiger partial charge < -0.3 is 9.55 Å². The second-order valence-electron chi connectivity index (χ2n) is 5.15. The summed E-state index contributed by atoms with van der Waals surface area (Å²) in [6.45, 7) is 3.40. The SMILES string of the molecule is Cc1ccc(-n2c(=O)[nH]c3cn(C)c(=O)c(C)c32)c(F)c1. The van der Waals surface area contributed by atoms with Crippen molar-refractivity contribution < 1.29 is 4.39 Å². The molecule has 1 aromatic carbocycles. The fourth-order valence-corrected chi connectivity index (χ4v) is 2.56. The average molecular weight is 287 g/mol. The Morgan fingerprint density at radius 3 is 2.57 bits per heavy atom. The molecule has 5 nitrogen and oxygen atoms in total. The highest BCUT2D eigenvalue weighted by Gasteiger charge is 2.16. The van der Waals surface area contributed by atoms with Crippen LogP contribution in [-0.2, 0) is 7.05 Å². The molecule has 0 unspecified atom stereocenters. The molecule has 0 bridgehead atoms. The molecule has 2 heterocycles. The minimum atomic E-state index is -0.502. The molecule has 0 aliphatic carbocycles. The minimum absolute atomic E-state index is 0.133. The van der Waals surface area contributed by atoms with E-state index >= 15 is 0 Å². The molecule has 3 aromatic rings. The van der Waals surface area contributed by atoms with Gasteiger partial charge in [-0.05, 0) is 31.5 Å². The first-order valence-electron chi connectivity index (χ1n) is 6.47. The molecule has 6 heteroatoms. The van der Waals surface area contributed by atoms with Gasteiger partial charge >= 0.3 is 5.69 Å². The lowest BCUT2D eigenvalue weighted by Crippen LogP contribution is -2.21. The van der Waals surface area contributed by atoms with Gasteiger partial charge in [-0.2, -0.15) is 0 Å². The van der Waals surface area contributed by atoms with E-state index < -0.39 is 11.5 Å². The summed E-state index contributed by atoms with van der Waals surface area (Å²) in [5.41, 5.74) is 1.51. The van der Waals surface area contributed by atoms with Gasteiger partial charge in [-0.15, -0.1) is 0 Å². The number of halogens is 1. The molecule has 108 valence electrons. The smallest absolute Gasteiger partial charge is 0.316 e. The van der Waals surface area contributed by atoms with Crippen LogP contribution in [-0.4, -0.2) is 14.1 Å². The van der Waals surface area contributed by atoms with Crippen LogP contribution >= 0.6 is 0 Å². The van der Waals surface area contributed by atoms with E-state index in [0.29, 0.717) is 16.6 Å². The number of nitrogens with zero attached hydrogens (tertiary/aromatic N) is 2. The minimum Gasteiger partial charge on any atom is -0.316 e. The van der Waals surface area contributed by atoms with E-state index in [1.807, 2.05) is 0 Å². The van der Waals surface area contributed by atoms with E-state index in [-0.39, 0.29) is 11.2 Å². The Kier molecular flexibility index (Phi) is 2.83. The van der Waals surface area contributed by atoms with Crippen LogP contribution < -0.4 is 11.2 Å². The van der Waals surface area contributed by atoms with Gasteiger partial charge in [-0.1, -0.05) is 6.07 Å². The number of benzene rings is 1. The van der Waals surface area contributed by atoms with Gasteiger partial charge in [-0.3, -0.25) is 9.36 Å². The quantitative estimate of drug-likeness (QED) is 0.741. The van der Waals surface area contributed by atoms with Gasteiger partial charge in [0.1, 0.15) is 5.82 Å². The summed E-state index contributed by atoms with van der Waals surface area (Å²) >= 11 is 0. The lowest BCUT2D eigenvalue weighted by Gasteiger charge is -2.08. The van der Waals surface area contributed by atoms with Crippen molar-refractivity contribution in [1.29, 1.82) is 0 Å². The fraction of sp³-hybridized carbons (Fsp3) is 0.200. The zero-order valence-electron chi connectivity index (χ0n) is 11.9. The summed E-state index contributed by atoms with van der Waals surface area (Å²) in [6.07, 6.45) is 1.54. The molecule has 0 fully saturated rings. The Morgan fingerprint density at radius 2 is 1.90 bits per heavy atom. The van der Waals surface area contributed by atoms with Crippen LogP contribution in [0.25, 0.3) is 16.7 Å². The number of aromatic nitrogens is 3. The highest BCUT2D eigenvalue weighted by Crippen LogP contribution is 2.20. The third kappa shape index (κ3) is 1.91. The van der Waals surface area contributed by atoms with E-state index in [4.69, 9.17) is 0 Å². The Bertz CT molecular complexity index is 979. The van der Waals surface area contributed by atoms with Gasteiger partial charge in [0.05, 0.1) is 16.7 Å². The maximum absolute atomic E-state index is 14.2. The first-order chi connectivity index (χ1) is 9.90. The Labute approximate surface area is 119 Å². The first-order valence-corrected chi connectivity index (χ1v) is 6.47. The average Bonchev–Trinajstić information content (AvgIpc) is 2.73. The number of fused-ring (bicyclic) bond motifs is 1. The number of hydrogen-bond donors (Lipinski definition) is 1. The highest BCUT2D eigenvalue weighted by atomic mass is 19.1. The van der Waals surface area contributed by atoms with Crippen molar-refractivity contribution in [3.05, 3.63) is 62.2 Å². The van der Waals surface area contributed by atoms with E-state index in [9.17, 15) is 14.0 Å². The lowest BCUT2D eigenvalue weighted by molar-refractivity contribution is 0.616. The molecule has 1 N–H and O–H groups in total. The molecule has 21 heavy (non-hydrogen) atoms. The van der Waals surface area contributed by atoms with E-state index in [1.165, 1.54) is 27.5 Å². The fourth-order valence-electron chi connectivity index (χ4n) is 2.56. The van der Waals surface area contributed by atoms with Gasteiger partial charge in [-0.25, -0.2) is 9.18 Å². The summed E-state index contributed by atoms with van der Waals surface area (Å²) in [5, 5.41) is 0. The normalized spacial score (nSPS) is 11.2. The number of aryl methyl sites for hydroxylation is 3. The van der Waals surface area contributed by atoms with Crippen LogP contribution in [0.15, 0.2) is 34.0 Å². The summed E-state index contributed by atoms with van der Waals surface area (Å²) in [5.74, 6) is -0.502. The zero-order valence-corrected chi connectivity index (χ0v) is 11.9. The number of aromatic amines is 1. The molecule has 0 saturated carbocycles. The van der Waals surface area contributed by atoms with Gasteiger partial charge in [0, 0.05) is 18.8 Å². The van der Waals surface area contributed by atoms with Crippen molar-refractivity contribution in [3.63, 3.8) is 0 Å². The largest absolute Gasteiger partial charge is 0.331 e. The third-order valence-electron chi connectivity index (χ3n) is 3.59. The molecule has 0 saturated heterocycles. The topological polar surface area (TPSA) is 59.8 Å². The van der Waals surface area contributed by atoms with Crippen molar-refractivity contribution in [3.8, 4) is 5.69 Å². The highest BCUT2D eigenvalue weighted by molar-refractivity contribution is 5.79. The number of nitrogens with one attached hydrogen (secondary N) is 1. The lowest BCUT2D eigenvalue weighted by atomic mass is 10.2. The molecule has 0 atom stereocenters. The predicted molar refractivity (Wildman–Crippen MR) is 78.6 cm³/mol. The van der Waals surface area contributed by atoms with Crippen LogP contribution in [0, 0.1) is 19.7 Å². The van der Waals surface area contributed by atoms with Crippen LogP contribution in [0.3, 0.4) is 0 Å². The second-order valence-corrected chi connectivity index (χ2v) is 5.15.